The highest BCUT2D eigenvalue weighted by molar-refractivity contribution is 5.71. The van der Waals surface area contributed by atoms with Crippen LogP contribution in [0.3, 0.4) is 0 Å². The Morgan fingerprint density at radius 2 is 2.10 bits per heavy atom. The Morgan fingerprint density at radius 1 is 1.35 bits per heavy atom. The van der Waals surface area contributed by atoms with E-state index in [0.29, 0.717) is 25.7 Å². The Labute approximate surface area is 122 Å². The Hall–Kier alpha value is -0.650. The van der Waals surface area contributed by atoms with Gasteiger partial charge in [-0.1, -0.05) is 26.2 Å². The van der Waals surface area contributed by atoms with Gasteiger partial charge in [0.15, 0.2) is 0 Å². The van der Waals surface area contributed by atoms with Gasteiger partial charge in [0.1, 0.15) is 0 Å². The third-order valence-electron chi connectivity index (χ3n) is 3.82. The molecule has 0 spiro atoms. The topological polar surface area (TPSA) is 67.8 Å². The zero-order valence-electron chi connectivity index (χ0n) is 12.8. The summed E-state index contributed by atoms with van der Waals surface area (Å²) in [6.07, 6.45) is 5.69. The van der Waals surface area contributed by atoms with E-state index < -0.39 is 6.10 Å². The summed E-state index contributed by atoms with van der Waals surface area (Å²) in [6, 6.07) is 0. The number of ether oxygens (including phenoxy) is 2. The predicted octanol–water partition coefficient (Wildman–Crippen LogP) is 1.49. The molecular weight excluding hydrogens is 258 g/mol. The molecule has 118 valence electrons. The quantitative estimate of drug-likeness (QED) is 0.629. The molecule has 1 rings (SSSR count). The minimum absolute atomic E-state index is 0.131. The first kappa shape index (κ1) is 17.4. The van der Waals surface area contributed by atoms with Crippen LogP contribution in [-0.4, -0.2) is 49.6 Å². The van der Waals surface area contributed by atoms with Gasteiger partial charge in [0.2, 0.25) is 0 Å². The van der Waals surface area contributed by atoms with Gasteiger partial charge in [0, 0.05) is 6.54 Å². The van der Waals surface area contributed by atoms with E-state index in [1.54, 1.807) is 6.92 Å². The maximum absolute atomic E-state index is 11.1. The standard InChI is InChI=1S/C15H29NO4/c1-3-12-7-5-6-8-14(12)20-11-13(17)9-16-10-15(18)19-4-2/h12-14,16-17H,3-11H2,1-2H3. The molecule has 0 heterocycles. The molecule has 5 nitrogen and oxygen atoms in total. The molecule has 0 aromatic rings. The maximum atomic E-state index is 11.1. The lowest BCUT2D eigenvalue weighted by atomic mass is 9.85. The van der Waals surface area contributed by atoms with Crippen LogP contribution in [0.4, 0.5) is 0 Å². The lowest BCUT2D eigenvalue weighted by Gasteiger charge is -2.31. The molecule has 3 atom stereocenters. The van der Waals surface area contributed by atoms with E-state index in [0.717, 1.165) is 12.8 Å². The number of nitrogens with one attached hydrogen (secondary N) is 1. The average Bonchev–Trinajstić information content (AvgIpc) is 2.45. The van der Waals surface area contributed by atoms with Crippen molar-refractivity contribution in [2.24, 2.45) is 5.92 Å². The van der Waals surface area contributed by atoms with E-state index >= 15 is 0 Å². The molecule has 1 aliphatic carbocycles. The van der Waals surface area contributed by atoms with Crippen molar-refractivity contribution in [1.29, 1.82) is 0 Å². The fourth-order valence-electron chi connectivity index (χ4n) is 2.71. The molecular formula is C15H29NO4. The molecule has 2 N–H and O–H groups in total. The average molecular weight is 287 g/mol. The van der Waals surface area contributed by atoms with Crippen molar-refractivity contribution in [3.63, 3.8) is 0 Å². The van der Waals surface area contributed by atoms with Gasteiger partial charge in [0.25, 0.3) is 0 Å². The molecule has 1 aliphatic rings. The van der Waals surface area contributed by atoms with Gasteiger partial charge < -0.3 is 19.9 Å². The van der Waals surface area contributed by atoms with Crippen molar-refractivity contribution >= 4 is 5.97 Å². The van der Waals surface area contributed by atoms with Crippen LogP contribution < -0.4 is 5.32 Å². The lowest BCUT2D eigenvalue weighted by molar-refractivity contribution is -0.142. The molecule has 0 amide bonds. The van der Waals surface area contributed by atoms with Gasteiger partial charge in [-0.25, -0.2) is 0 Å². The number of aliphatic hydroxyl groups excluding tert-OH is 1. The lowest BCUT2D eigenvalue weighted by Crippen LogP contribution is -2.37. The summed E-state index contributed by atoms with van der Waals surface area (Å²) in [5, 5.41) is 12.7. The van der Waals surface area contributed by atoms with E-state index in [1.807, 2.05) is 0 Å². The van der Waals surface area contributed by atoms with Gasteiger partial charge >= 0.3 is 5.97 Å². The van der Waals surface area contributed by atoms with Crippen LogP contribution in [0.2, 0.25) is 0 Å². The number of carbonyl (C=O) groups is 1. The first-order valence-electron chi connectivity index (χ1n) is 7.83. The second-order valence-electron chi connectivity index (χ2n) is 5.41. The second-order valence-corrected chi connectivity index (χ2v) is 5.41. The Bertz CT molecular complexity index is 273. The molecule has 1 saturated carbocycles. The van der Waals surface area contributed by atoms with Crippen molar-refractivity contribution in [2.75, 3.05) is 26.3 Å². The summed E-state index contributed by atoms with van der Waals surface area (Å²) in [5.41, 5.74) is 0. The van der Waals surface area contributed by atoms with Gasteiger partial charge in [-0.2, -0.15) is 0 Å². The van der Waals surface area contributed by atoms with Crippen LogP contribution in [0.25, 0.3) is 0 Å². The highest BCUT2D eigenvalue weighted by Gasteiger charge is 2.24. The first-order chi connectivity index (χ1) is 9.67. The molecule has 0 bridgehead atoms. The number of hydrogen-bond acceptors (Lipinski definition) is 5. The maximum Gasteiger partial charge on any atom is 0.319 e. The van der Waals surface area contributed by atoms with Gasteiger partial charge in [-0.3, -0.25) is 4.79 Å². The van der Waals surface area contributed by atoms with Crippen molar-refractivity contribution in [3.05, 3.63) is 0 Å². The second kappa shape index (κ2) is 10.1. The molecule has 3 unspecified atom stereocenters. The molecule has 0 aromatic heterocycles. The number of esters is 1. The summed E-state index contributed by atoms with van der Waals surface area (Å²) in [7, 11) is 0. The van der Waals surface area contributed by atoms with Crippen LogP contribution in [0.15, 0.2) is 0 Å². The van der Waals surface area contributed by atoms with Gasteiger partial charge in [0.05, 0.1) is 32.0 Å². The number of rotatable bonds is 9. The van der Waals surface area contributed by atoms with Crippen LogP contribution in [0.5, 0.6) is 0 Å². The Balaban J connectivity index is 2.12. The summed E-state index contributed by atoms with van der Waals surface area (Å²) in [4.78, 5) is 11.1. The Kier molecular flexibility index (Phi) is 8.82. The zero-order chi connectivity index (χ0) is 14.8. The highest BCUT2D eigenvalue weighted by atomic mass is 16.5. The number of carbonyl (C=O) groups excluding carboxylic acids is 1. The zero-order valence-corrected chi connectivity index (χ0v) is 12.8. The summed E-state index contributed by atoms with van der Waals surface area (Å²) in [6.45, 7) is 5.16. The fraction of sp³-hybridized carbons (Fsp3) is 0.933. The number of hydrogen-bond donors (Lipinski definition) is 2. The smallest absolute Gasteiger partial charge is 0.319 e. The molecule has 1 fully saturated rings. The third-order valence-corrected chi connectivity index (χ3v) is 3.82. The molecule has 0 saturated heterocycles. The minimum Gasteiger partial charge on any atom is -0.465 e. The van der Waals surface area contributed by atoms with E-state index in [2.05, 4.69) is 12.2 Å². The summed E-state index contributed by atoms with van der Waals surface area (Å²) >= 11 is 0. The van der Waals surface area contributed by atoms with E-state index in [9.17, 15) is 9.90 Å². The molecule has 5 heteroatoms. The molecule has 0 radical (unpaired) electrons. The van der Waals surface area contributed by atoms with Crippen LogP contribution in [-0.2, 0) is 14.3 Å². The molecule has 0 aliphatic heterocycles. The van der Waals surface area contributed by atoms with E-state index in [4.69, 9.17) is 9.47 Å². The van der Waals surface area contributed by atoms with Crippen molar-refractivity contribution in [2.45, 2.75) is 58.2 Å². The first-order valence-corrected chi connectivity index (χ1v) is 7.83. The summed E-state index contributed by atoms with van der Waals surface area (Å²) in [5.74, 6) is 0.336. The minimum atomic E-state index is -0.580. The van der Waals surface area contributed by atoms with Crippen LogP contribution >= 0.6 is 0 Å². The fourth-order valence-corrected chi connectivity index (χ4v) is 2.71. The summed E-state index contributed by atoms with van der Waals surface area (Å²) < 4.78 is 10.6. The van der Waals surface area contributed by atoms with Crippen LogP contribution in [0.1, 0.15) is 46.0 Å². The monoisotopic (exact) mass is 287 g/mol. The third kappa shape index (κ3) is 6.68. The van der Waals surface area contributed by atoms with Crippen molar-refractivity contribution in [3.8, 4) is 0 Å². The Morgan fingerprint density at radius 3 is 2.80 bits per heavy atom. The number of aliphatic hydroxyl groups is 1. The molecule has 0 aromatic carbocycles. The largest absolute Gasteiger partial charge is 0.465 e. The SMILES string of the molecule is CCOC(=O)CNCC(O)COC1CCCCC1CC. The molecule has 20 heavy (non-hydrogen) atoms. The van der Waals surface area contributed by atoms with Crippen molar-refractivity contribution < 1.29 is 19.4 Å². The predicted molar refractivity (Wildman–Crippen MR) is 77.5 cm³/mol. The van der Waals surface area contributed by atoms with Gasteiger partial charge in [-0.15, -0.1) is 0 Å². The van der Waals surface area contributed by atoms with Crippen molar-refractivity contribution in [1.82, 2.24) is 5.32 Å². The highest BCUT2D eigenvalue weighted by Crippen LogP contribution is 2.29. The normalized spacial score (nSPS) is 24.4. The van der Waals surface area contributed by atoms with Gasteiger partial charge in [-0.05, 0) is 25.7 Å². The van der Waals surface area contributed by atoms with E-state index in [-0.39, 0.29) is 18.6 Å². The van der Waals surface area contributed by atoms with E-state index in [1.165, 1.54) is 19.3 Å². The van der Waals surface area contributed by atoms with Crippen LogP contribution in [0, 0.1) is 5.92 Å².